The molecular formula is C26H39N3O3. The molecule has 0 bridgehead atoms. The Kier molecular flexibility index (Phi) is 6.89. The van der Waals surface area contributed by atoms with E-state index in [2.05, 4.69) is 24.1 Å². The van der Waals surface area contributed by atoms with Gasteiger partial charge in [-0.1, -0.05) is 20.8 Å². The van der Waals surface area contributed by atoms with Gasteiger partial charge in [-0.15, -0.1) is 0 Å². The van der Waals surface area contributed by atoms with Gasteiger partial charge in [0.05, 0.1) is 6.10 Å². The number of fused-ring (bicyclic) bond motifs is 1. The van der Waals surface area contributed by atoms with Crippen molar-refractivity contribution < 1.29 is 14.7 Å². The molecule has 2 aliphatic carbocycles. The molecule has 0 radical (unpaired) electrons. The minimum absolute atomic E-state index is 0.0143. The predicted octanol–water partition coefficient (Wildman–Crippen LogP) is 3.65. The van der Waals surface area contributed by atoms with Crippen LogP contribution in [0.15, 0.2) is 24.5 Å². The summed E-state index contributed by atoms with van der Waals surface area (Å²) in [5.74, 6) is 0.182. The Bertz CT molecular complexity index is 810. The molecule has 32 heavy (non-hydrogen) atoms. The largest absolute Gasteiger partial charge is 0.392 e. The molecule has 0 unspecified atom stereocenters. The standard InChI is InChI=1S/C26H39N3O3/c1-17(25(32)29-15-5-4-6-16-29)20-7-11-26(3)12-8-21(18(2)22(26)23(20)30)28-24(31)19-9-13-27-14-10-19/h9-10,13-14,17-18,20-23,30H,4-8,11-12,15-16H2,1-3H3,(H,28,31)/t17-,18+,20+,21-,22+,23-,26-/m0/s1. The first kappa shape index (κ1) is 23.2. The highest BCUT2D eigenvalue weighted by Crippen LogP contribution is 2.55. The number of likely N-dealkylation sites (tertiary alicyclic amines) is 1. The minimum atomic E-state index is -0.520. The van der Waals surface area contributed by atoms with Gasteiger partial charge < -0.3 is 15.3 Å². The van der Waals surface area contributed by atoms with Gasteiger partial charge in [0.25, 0.3) is 5.91 Å². The highest BCUT2D eigenvalue weighted by molar-refractivity contribution is 5.94. The summed E-state index contributed by atoms with van der Waals surface area (Å²) >= 11 is 0. The molecule has 7 atom stereocenters. The molecule has 1 saturated heterocycles. The Morgan fingerprint density at radius 2 is 1.81 bits per heavy atom. The third-order valence-corrected chi connectivity index (χ3v) is 8.85. The predicted molar refractivity (Wildman–Crippen MR) is 124 cm³/mol. The lowest BCUT2D eigenvalue weighted by Crippen LogP contribution is -2.58. The molecule has 4 rings (SSSR count). The topological polar surface area (TPSA) is 82.5 Å². The Morgan fingerprint density at radius 3 is 2.50 bits per heavy atom. The summed E-state index contributed by atoms with van der Waals surface area (Å²) in [4.78, 5) is 32.0. The van der Waals surface area contributed by atoms with Crippen molar-refractivity contribution in [3.63, 3.8) is 0 Å². The van der Waals surface area contributed by atoms with Crippen molar-refractivity contribution in [3.05, 3.63) is 30.1 Å². The molecule has 3 aliphatic rings. The number of hydrogen-bond acceptors (Lipinski definition) is 4. The van der Waals surface area contributed by atoms with Crippen LogP contribution in [0.5, 0.6) is 0 Å². The Hall–Kier alpha value is -1.95. The fourth-order valence-corrected chi connectivity index (χ4v) is 6.84. The monoisotopic (exact) mass is 441 g/mol. The molecule has 6 heteroatoms. The molecular weight excluding hydrogens is 402 g/mol. The van der Waals surface area contributed by atoms with Gasteiger partial charge >= 0.3 is 0 Å². The number of hydrogen-bond donors (Lipinski definition) is 2. The number of aliphatic hydroxyl groups is 1. The van der Waals surface area contributed by atoms with Crippen LogP contribution in [0.4, 0.5) is 0 Å². The SMILES string of the molecule is C[C@H]1[C@@H]2[C@@H](O)[C@@H]([C@H](C)C(=O)N3CCCCC3)CC[C@@]2(C)CC[C@@H]1NC(=O)c1ccncc1. The van der Waals surface area contributed by atoms with Crippen molar-refractivity contribution in [2.75, 3.05) is 13.1 Å². The lowest BCUT2D eigenvalue weighted by atomic mass is 9.51. The highest BCUT2D eigenvalue weighted by Gasteiger charge is 2.54. The van der Waals surface area contributed by atoms with Gasteiger partial charge in [-0.2, -0.15) is 0 Å². The van der Waals surface area contributed by atoms with Crippen molar-refractivity contribution in [1.82, 2.24) is 15.2 Å². The first-order valence-corrected chi connectivity index (χ1v) is 12.5. The molecule has 2 amide bonds. The Labute approximate surface area is 192 Å². The molecule has 176 valence electrons. The van der Waals surface area contributed by atoms with E-state index in [0.717, 1.165) is 51.6 Å². The number of aromatic nitrogens is 1. The number of rotatable bonds is 4. The van der Waals surface area contributed by atoms with E-state index in [-0.39, 0.29) is 46.9 Å². The van der Waals surface area contributed by atoms with E-state index in [1.807, 2.05) is 11.8 Å². The zero-order valence-corrected chi connectivity index (χ0v) is 19.8. The molecule has 2 saturated carbocycles. The molecule has 1 aromatic heterocycles. The summed E-state index contributed by atoms with van der Waals surface area (Å²) in [6.07, 6.45) is 9.96. The minimum Gasteiger partial charge on any atom is -0.392 e. The number of amides is 2. The zero-order chi connectivity index (χ0) is 22.9. The summed E-state index contributed by atoms with van der Waals surface area (Å²) in [5, 5.41) is 14.8. The molecule has 3 fully saturated rings. The van der Waals surface area contributed by atoms with Crippen molar-refractivity contribution in [1.29, 1.82) is 0 Å². The summed E-state index contributed by atoms with van der Waals surface area (Å²) in [6.45, 7) is 8.19. The maximum absolute atomic E-state index is 13.2. The molecule has 1 aliphatic heterocycles. The number of carbonyl (C=O) groups is 2. The number of aliphatic hydroxyl groups excluding tert-OH is 1. The average molecular weight is 442 g/mol. The summed E-state index contributed by atoms with van der Waals surface area (Å²) in [5.41, 5.74) is 0.671. The van der Waals surface area contributed by atoms with E-state index in [0.29, 0.717) is 5.56 Å². The van der Waals surface area contributed by atoms with Crippen LogP contribution < -0.4 is 5.32 Å². The van der Waals surface area contributed by atoms with Crippen LogP contribution in [0.3, 0.4) is 0 Å². The van der Waals surface area contributed by atoms with Crippen LogP contribution >= 0.6 is 0 Å². The van der Waals surface area contributed by atoms with Crippen LogP contribution in [0, 0.1) is 29.1 Å². The lowest BCUT2D eigenvalue weighted by molar-refractivity contribution is -0.150. The normalized spacial score (nSPS) is 36.1. The number of carbonyl (C=O) groups excluding carboxylic acids is 2. The Balaban J connectivity index is 1.47. The van der Waals surface area contributed by atoms with E-state index < -0.39 is 6.10 Å². The maximum atomic E-state index is 13.2. The average Bonchev–Trinajstić information content (AvgIpc) is 2.81. The number of pyridine rings is 1. The molecule has 2 N–H and O–H groups in total. The van der Waals surface area contributed by atoms with Gasteiger partial charge in [0.1, 0.15) is 0 Å². The van der Waals surface area contributed by atoms with Crippen molar-refractivity contribution in [3.8, 4) is 0 Å². The maximum Gasteiger partial charge on any atom is 0.251 e. The first-order chi connectivity index (χ1) is 15.3. The smallest absolute Gasteiger partial charge is 0.251 e. The van der Waals surface area contributed by atoms with Crippen LogP contribution in [-0.2, 0) is 4.79 Å². The number of piperidine rings is 1. The second kappa shape index (κ2) is 9.50. The van der Waals surface area contributed by atoms with Crippen LogP contribution in [0.2, 0.25) is 0 Å². The summed E-state index contributed by atoms with van der Waals surface area (Å²) in [7, 11) is 0. The highest BCUT2D eigenvalue weighted by atomic mass is 16.3. The van der Waals surface area contributed by atoms with Gasteiger partial charge in [-0.25, -0.2) is 0 Å². The van der Waals surface area contributed by atoms with Gasteiger partial charge in [0.15, 0.2) is 0 Å². The number of nitrogens with zero attached hydrogens (tertiary/aromatic N) is 2. The third kappa shape index (κ3) is 4.43. The summed E-state index contributed by atoms with van der Waals surface area (Å²) < 4.78 is 0. The van der Waals surface area contributed by atoms with Gasteiger partial charge in [0.2, 0.25) is 5.91 Å². The van der Waals surface area contributed by atoms with E-state index in [1.54, 1.807) is 24.5 Å². The fraction of sp³-hybridized carbons (Fsp3) is 0.731. The molecule has 2 heterocycles. The van der Waals surface area contributed by atoms with E-state index in [1.165, 1.54) is 6.42 Å². The summed E-state index contributed by atoms with van der Waals surface area (Å²) in [6, 6.07) is 3.48. The lowest BCUT2D eigenvalue weighted by Gasteiger charge is -2.56. The van der Waals surface area contributed by atoms with E-state index in [9.17, 15) is 14.7 Å². The van der Waals surface area contributed by atoms with E-state index >= 15 is 0 Å². The molecule has 1 aromatic rings. The van der Waals surface area contributed by atoms with Crippen LogP contribution in [0.1, 0.15) is 76.1 Å². The first-order valence-electron chi connectivity index (χ1n) is 12.5. The van der Waals surface area contributed by atoms with Crippen molar-refractivity contribution in [2.45, 2.75) is 77.9 Å². The van der Waals surface area contributed by atoms with E-state index in [4.69, 9.17) is 0 Å². The van der Waals surface area contributed by atoms with Gasteiger partial charge in [-0.05, 0) is 80.2 Å². The quantitative estimate of drug-likeness (QED) is 0.747. The van der Waals surface area contributed by atoms with Crippen LogP contribution in [-0.4, -0.2) is 52.0 Å². The molecule has 6 nitrogen and oxygen atoms in total. The Morgan fingerprint density at radius 1 is 1.16 bits per heavy atom. The third-order valence-electron chi connectivity index (χ3n) is 8.85. The second-order valence-corrected chi connectivity index (χ2v) is 10.8. The second-order valence-electron chi connectivity index (χ2n) is 10.8. The van der Waals surface area contributed by atoms with Crippen LogP contribution in [0.25, 0.3) is 0 Å². The van der Waals surface area contributed by atoms with Crippen molar-refractivity contribution >= 4 is 11.8 Å². The van der Waals surface area contributed by atoms with Gasteiger partial charge in [0, 0.05) is 43.0 Å². The van der Waals surface area contributed by atoms with Gasteiger partial charge in [-0.3, -0.25) is 14.6 Å². The number of nitrogens with one attached hydrogen (secondary N) is 1. The van der Waals surface area contributed by atoms with Crippen molar-refractivity contribution in [2.24, 2.45) is 29.1 Å². The molecule has 0 aromatic carbocycles. The zero-order valence-electron chi connectivity index (χ0n) is 19.8. The molecule has 0 spiro atoms. The fourth-order valence-electron chi connectivity index (χ4n) is 6.84.